The Labute approximate surface area is 340 Å². The maximum Gasteiger partial charge on any atom is 0.342 e. The van der Waals surface area contributed by atoms with Gasteiger partial charge < -0.3 is 14.9 Å². The van der Waals surface area contributed by atoms with Crippen LogP contribution >= 0.6 is 7.80 Å². The second kappa shape index (κ2) is 40.7. The summed E-state index contributed by atoms with van der Waals surface area (Å²) in [6, 6.07) is 0.171. The lowest BCUT2D eigenvalue weighted by atomic mass is 9.93. The molecule has 322 valence electrons. The van der Waals surface area contributed by atoms with Gasteiger partial charge in [-0.3, -0.25) is 4.79 Å². The van der Waals surface area contributed by atoms with Crippen molar-refractivity contribution in [3.8, 4) is 0 Å². The van der Waals surface area contributed by atoms with E-state index < -0.39 is 13.9 Å². The first-order valence-electron chi connectivity index (χ1n) is 24.4. The number of rotatable bonds is 43. The van der Waals surface area contributed by atoms with Gasteiger partial charge in [0.2, 0.25) is 5.91 Å². The molecule has 0 aliphatic rings. The third-order valence-electron chi connectivity index (χ3n) is 11.9. The van der Waals surface area contributed by atoms with Crippen molar-refractivity contribution in [1.29, 1.82) is 0 Å². The van der Waals surface area contributed by atoms with Crippen molar-refractivity contribution in [3.63, 3.8) is 0 Å². The summed E-state index contributed by atoms with van der Waals surface area (Å²) in [6.45, 7) is 10.1. The van der Waals surface area contributed by atoms with Gasteiger partial charge >= 0.3 is 7.80 Å². The van der Waals surface area contributed by atoms with E-state index in [1.54, 1.807) is 0 Å². The highest BCUT2D eigenvalue weighted by Gasteiger charge is 2.32. The smallest absolute Gasteiger partial charge is 0.342 e. The molecular formula is C48H98N2O3P+. The van der Waals surface area contributed by atoms with Crippen LogP contribution in [0.3, 0.4) is 0 Å². The van der Waals surface area contributed by atoms with Gasteiger partial charge in [-0.2, -0.15) is 0 Å². The quantitative estimate of drug-likeness (QED) is 0.0494. The zero-order valence-corrected chi connectivity index (χ0v) is 38.6. The minimum atomic E-state index is -1.48. The van der Waals surface area contributed by atoms with E-state index in [0.29, 0.717) is 18.9 Å². The molecule has 0 radical (unpaired) electrons. The molecule has 1 N–H and O–H groups in total. The topological polar surface area (TPSA) is 60.9 Å². The molecule has 0 aliphatic carbocycles. The van der Waals surface area contributed by atoms with Crippen molar-refractivity contribution in [3.05, 3.63) is 0 Å². The van der Waals surface area contributed by atoms with E-state index >= 15 is 0 Å². The van der Waals surface area contributed by atoms with Crippen LogP contribution in [0.5, 0.6) is 0 Å². The second-order valence-corrected chi connectivity index (χ2v) is 19.3. The van der Waals surface area contributed by atoms with Crippen LogP contribution in [-0.2, 0) is 9.36 Å². The SMILES string of the molecule is CCCCCCCCCCCCCCCCCC(CCC)N(CC(O)C[P+](=O)CCN(C)C)C(=O)C(CC)CCCCCCCCCCCCCCCC. The van der Waals surface area contributed by atoms with E-state index in [0.717, 1.165) is 51.5 Å². The molecule has 1 amide bonds. The summed E-state index contributed by atoms with van der Waals surface area (Å²) in [5.41, 5.74) is 0. The normalized spacial score (nSPS) is 13.7. The molecule has 0 heterocycles. The molecule has 0 aromatic heterocycles. The lowest BCUT2D eigenvalue weighted by molar-refractivity contribution is -0.140. The van der Waals surface area contributed by atoms with Crippen LogP contribution < -0.4 is 0 Å². The summed E-state index contributed by atoms with van der Waals surface area (Å²) in [5, 5.41) is 11.2. The van der Waals surface area contributed by atoms with E-state index in [-0.39, 0.29) is 17.9 Å². The van der Waals surface area contributed by atoms with Gasteiger partial charge in [0.15, 0.2) is 12.3 Å². The molecule has 0 rings (SSSR count). The number of unbranched alkanes of at least 4 members (excludes halogenated alkanes) is 27. The second-order valence-electron chi connectivity index (χ2n) is 17.5. The summed E-state index contributed by atoms with van der Waals surface area (Å²) in [4.78, 5) is 18.4. The first-order chi connectivity index (χ1) is 26.3. The number of aliphatic hydroxyl groups excluding tert-OH is 1. The third-order valence-corrected chi connectivity index (χ3v) is 13.4. The molecule has 0 saturated heterocycles. The molecule has 0 aromatic rings. The molecule has 0 aliphatic heterocycles. The van der Waals surface area contributed by atoms with Gasteiger partial charge in [0.05, 0.1) is 6.54 Å². The Morgan fingerprint density at radius 2 is 0.889 bits per heavy atom. The van der Waals surface area contributed by atoms with E-state index in [1.165, 1.54) is 173 Å². The Balaban J connectivity index is 4.81. The molecule has 0 bridgehead atoms. The predicted molar refractivity (Wildman–Crippen MR) is 241 cm³/mol. The molecular weight excluding hydrogens is 684 g/mol. The minimum Gasteiger partial charge on any atom is -0.387 e. The summed E-state index contributed by atoms with van der Waals surface area (Å²) in [7, 11) is 2.51. The fourth-order valence-electron chi connectivity index (χ4n) is 8.20. The van der Waals surface area contributed by atoms with Crippen LogP contribution in [0.25, 0.3) is 0 Å². The number of hydrogen-bond donors (Lipinski definition) is 1. The van der Waals surface area contributed by atoms with E-state index in [1.807, 2.05) is 19.0 Å². The van der Waals surface area contributed by atoms with Gasteiger partial charge in [0, 0.05) is 18.5 Å². The highest BCUT2D eigenvalue weighted by Crippen LogP contribution is 2.27. The highest BCUT2D eigenvalue weighted by molar-refractivity contribution is 7.44. The Morgan fingerprint density at radius 3 is 1.24 bits per heavy atom. The Kier molecular flexibility index (Phi) is 40.3. The van der Waals surface area contributed by atoms with E-state index in [2.05, 4.69) is 32.6 Å². The van der Waals surface area contributed by atoms with Crippen LogP contribution in [0.1, 0.15) is 246 Å². The number of carbonyl (C=O) groups excluding carboxylic acids is 1. The minimum absolute atomic E-state index is 0.0254. The fraction of sp³-hybridized carbons (Fsp3) is 0.979. The molecule has 0 saturated carbocycles. The summed E-state index contributed by atoms with van der Waals surface area (Å²) in [5.74, 6) is 0.270. The van der Waals surface area contributed by atoms with Gasteiger partial charge in [0.1, 0.15) is 6.10 Å². The molecule has 0 aromatic carbocycles. The first kappa shape index (κ1) is 53.5. The van der Waals surface area contributed by atoms with Crippen molar-refractivity contribution in [1.82, 2.24) is 9.80 Å². The number of carbonyl (C=O) groups is 1. The van der Waals surface area contributed by atoms with Crippen molar-refractivity contribution < 1.29 is 14.5 Å². The van der Waals surface area contributed by atoms with Gasteiger partial charge in [-0.15, -0.1) is 0 Å². The lowest BCUT2D eigenvalue weighted by Gasteiger charge is -2.35. The Hall–Kier alpha value is -0.510. The van der Waals surface area contributed by atoms with E-state index in [9.17, 15) is 14.5 Å². The number of aliphatic hydroxyl groups is 1. The summed E-state index contributed by atoms with van der Waals surface area (Å²) in [6.07, 6.45) is 44.3. The van der Waals surface area contributed by atoms with Gasteiger partial charge in [-0.25, -0.2) is 0 Å². The van der Waals surface area contributed by atoms with Crippen molar-refractivity contribution in [2.45, 2.75) is 258 Å². The molecule has 0 spiro atoms. The van der Waals surface area contributed by atoms with Crippen molar-refractivity contribution in [2.75, 3.05) is 39.5 Å². The fourth-order valence-corrected chi connectivity index (χ4v) is 9.60. The molecule has 4 unspecified atom stereocenters. The third kappa shape index (κ3) is 33.6. The molecule has 54 heavy (non-hydrogen) atoms. The molecule has 6 heteroatoms. The number of nitrogens with zero attached hydrogens (tertiary/aromatic N) is 2. The van der Waals surface area contributed by atoms with Crippen LogP contribution in [0.2, 0.25) is 0 Å². The number of amides is 1. The molecule has 5 nitrogen and oxygen atoms in total. The first-order valence-corrected chi connectivity index (χ1v) is 26.0. The van der Waals surface area contributed by atoms with Gasteiger partial charge in [-0.1, -0.05) is 225 Å². The zero-order chi connectivity index (χ0) is 39.9. The number of hydrogen-bond acceptors (Lipinski definition) is 4. The maximum absolute atomic E-state index is 14.3. The maximum atomic E-state index is 14.3. The largest absolute Gasteiger partial charge is 0.387 e. The van der Waals surface area contributed by atoms with Crippen LogP contribution in [-0.4, -0.2) is 72.5 Å². The Morgan fingerprint density at radius 1 is 0.519 bits per heavy atom. The molecule has 4 atom stereocenters. The van der Waals surface area contributed by atoms with Crippen LogP contribution in [0.15, 0.2) is 0 Å². The molecule has 0 fully saturated rings. The summed E-state index contributed by atoms with van der Waals surface area (Å²) >= 11 is 0. The standard InChI is InChI=1S/C48H98N2O3P/c1-7-11-13-15-17-19-21-23-25-27-29-31-33-35-37-40-46(38-9-3)50(43-47(51)44-54(53)42-41-49(5)6)48(52)45(10-4)39-36-34-32-30-28-26-24-22-20-18-16-14-12-8-2/h45-47,51H,7-44H2,1-6H3/q+1. The lowest BCUT2D eigenvalue weighted by Crippen LogP contribution is -2.47. The summed E-state index contributed by atoms with van der Waals surface area (Å²) < 4.78 is 12.8. The average molecular weight is 782 g/mol. The van der Waals surface area contributed by atoms with Gasteiger partial charge in [-0.05, 0) is 39.8 Å². The predicted octanol–water partition coefficient (Wildman–Crippen LogP) is 14.9. The average Bonchev–Trinajstić information content (AvgIpc) is 3.15. The van der Waals surface area contributed by atoms with Crippen molar-refractivity contribution in [2.24, 2.45) is 5.92 Å². The highest BCUT2D eigenvalue weighted by atomic mass is 31.1. The van der Waals surface area contributed by atoms with Crippen molar-refractivity contribution >= 4 is 13.7 Å². The van der Waals surface area contributed by atoms with Crippen LogP contribution in [0, 0.1) is 5.92 Å². The van der Waals surface area contributed by atoms with Crippen LogP contribution in [0.4, 0.5) is 0 Å². The van der Waals surface area contributed by atoms with Gasteiger partial charge in [0.25, 0.3) is 0 Å². The Bertz CT molecular complexity index is 809. The monoisotopic (exact) mass is 782 g/mol. The van der Waals surface area contributed by atoms with E-state index in [4.69, 9.17) is 0 Å². The zero-order valence-electron chi connectivity index (χ0n) is 37.7.